The molecule has 2 saturated carbocycles. The quantitative estimate of drug-likeness (QED) is 0.838. The third-order valence-corrected chi connectivity index (χ3v) is 7.16. The monoisotopic (exact) mass is 300 g/mol. The number of sulfonamides is 1. The van der Waals surface area contributed by atoms with Crippen LogP contribution in [-0.4, -0.2) is 25.8 Å². The van der Waals surface area contributed by atoms with E-state index in [-0.39, 0.29) is 0 Å². The van der Waals surface area contributed by atoms with Gasteiger partial charge in [0.2, 0.25) is 0 Å². The van der Waals surface area contributed by atoms with Crippen LogP contribution in [0.15, 0.2) is 16.3 Å². The number of hydrogen-bond donors (Lipinski definition) is 1. The largest absolute Gasteiger partial charge is 0.326 e. The lowest BCUT2D eigenvalue weighted by molar-refractivity contribution is 0.383. The standard InChI is InChI=1S/C13H20N2O2S2/c14-7-12-5-6-13(18-12)19(16,17)15(8-10-1-2-10)9-11-3-4-11/h5-6,10-11H,1-4,7-9,14H2. The number of thiophene rings is 1. The maximum atomic E-state index is 12.7. The summed E-state index contributed by atoms with van der Waals surface area (Å²) < 4.78 is 27.5. The van der Waals surface area contributed by atoms with Gasteiger partial charge in [0.15, 0.2) is 0 Å². The van der Waals surface area contributed by atoms with Crippen LogP contribution in [0.5, 0.6) is 0 Å². The molecule has 2 aliphatic rings. The Labute approximate surface area is 118 Å². The third kappa shape index (κ3) is 3.18. The van der Waals surface area contributed by atoms with Crippen molar-refractivity contribution in [2.75, 3.05) is 13.1 Å². The minimum atomic E-state index is -3.30. The van der Waals surface area contributed by atoms with Crippen molar-refractivity contribution in [3.63, 3.8) is 0 Å². The van der Waals surface area contributed by atoms with E-state index < -0.39 is 10.0 Å². The topological polar surface area (TPSA) is 63.4 Å². The summed E-state index contributed by atoms with van der Waals surface area (Å²) in [5, 5.41) is 0. The molecular formula is C13H20N2O2S2. The fourth-order valence-corrected chi connectivity index (χ4v) is 5.16. The van der Waals surface area contributed by atoms with Gasteiger partial charge < -0.3 is 5.73 Å². The molecular weight excluding hydrogens is 280 g/mol. The Morgan fingerprint density at radius 1 is 1.16 bits per heavy atom. The van der Waals surface area contributed by atoms with Gasteiger partial charge in [0.05, 0.1) is 0 Å². The van der Waals surface area contributed by atoms with Gasteiger partial charge in [0.1, 0.15) is 4.21 Å². The zero-order chi connectivity index (χ0) is 13.5. The maximum Gasteiger partial charge on any atom is 0.252 e. The molecule has 2 fully saturated rings. The first kappa shape index (κ1) is 13.5. The predicted molar refractivity (Wildman–Crippen MR) is 76.4 cm³/mol. The van der Waals surface area contributed by atoms with Gasteiger partial charge in [-0.25, -0.2) is 8.42 Å². The molecule has 106 valence electrons. The maximum absolute atomic E-state index is 12.7. The van der Waals surface area contributed by atoms with Crippen LogP contribution >= 0.6 is 11.3 Å². The van der Waals surface area contributed by atoms with E-state index in [9.17, 15) is 8.42 Å². The Kier molecular flexibility index (Phi) is 3.68. The fourth-order valence-electron chi connectivity index (χ4n) is 2.18. The Hall–Kier alpha value is -0.430. The summed E-state index contributed by atoms with van der Waals surface area (Å²) in [4.78, 5) is 0.927. The fraction of sp³-hybridized carbons (Fsp3) is 0.692. The Balaban J connectivity index is 1.80. The summed E-state index contributed by atoms with van der Waals surface area (Å²) in [6.45, 7) is 1.81. The normalized spacial score (nSPS) is 20.1. The van der Waals surface area contributed by atoms with Crippen molar-refractivity contribution >= 4 is 21.4 Å². The second kappa shape index (κ2) is 5.16. The molecule has 0 aromatic carbocycles. The lowest BCUT2D eigenvalue weighted by Gasteiger charge is -2.21. The van der Waals surface area contributed by atoms with Crippen molar-refractivity contribution < 1.29 is 8.42 Å². The minimum Gasteiger partial charge on any atom is -0.326 e. The highest BCUT2D eigenvalue weighted by molar-refractivity contribution is 7.91. The summed E-state index contributed by atoms with van der Waals surface area (Å²) in [5.74, 6) is 1.17. The van der Waals surface area contributed by atoms with E-state index in [1.165, 1.54) is 37.0 Å². The van der Waals surface area contributed by atoms with Crippen LogP contribution in [0.4, 0.5) is 0 Å². The van der Waals surface area contributed by atoms with E-state index in [1.54, 1.807) is 10.4 Å². The smallest absolute Gasteiger partial charge is 0.252 e. The molecule has 1 heterocycles. The lowest BCUT2D eigenvalue weighted by Crippen LogP contribution is -2.34. The minimum absolute atomic E-state index is 0.408. The van der Waals surface area contributed by atoms with E-state index >= 15 is 0 Å². The molecule has 0 aliphatic heterocycles. The van der Waals surface area contributed by atoms with Gasteiger partial charge in [-0.3, -0.25) is 0 Å². The van der Waals surface area contributed by atoms with E-state index in [4.69, 9.17) is 5.73 Å². The van der Waals surface area contributed by atoms with E-state index in [0.29, 0.717) is 35.7 Å². The summed E-state index contributed by atoms with van der Waals surface area (Å²) >= 11 is 1.31. The molecule has 4 nitrogen and oxygen atoms in total. The molecule has 1 aromatic heterocycles. The van der Waals surface area contributed by atoms with Gasteiger partial charge in [-0.2, -0.15) is 4.31 Å². The average Bonchev–Trinajstić information content (AvgIpc) is 3.30. The molecule has 19 heavy (non-hydrogen) atoms. The molecule has 6 heteroatoms. The molecule has 2 N–H and O–H groups in total. The molecule has 0 unspecified atom stereocenters. The summed E-state index contributed by atoms with van der Waals surface area (Å²) in [6, 6.07) is 3.53. The van der Waals surface area contributed by atoms with Gasteiger partial charge >= 0.3 is 0 Å². The molecule has 0 saturated heterocycles. The lowest BCUT2D eigenvalue weighted by atomic mass is 10.4. The Morgan fingerprint density at radius 3 is 2.16 bits per heavy atom. The highest BCUT2D eigenvalue weighted by atomic mass is 32.2. The zero-order valence-corrected chi connectivity index (χ0v) is 12.5. The van der Waals surface area contributed by atoms with Crippen LogP contribution in [-0.2, 0) is 16.6 Å². The van der Waals surface area contributed by atoms with Gasteiger partial charge in [0.25, 0.3) is 10.0 Å². The molecule has 2 aliphatic carbocycles. The third-order valence-electron chi connectivity index (χ3n) is 3.75. The molecule has 0 amide bonds. The molecule has 0 bridgehead atoms. The Morgan fingerprint density at radius 2 is 1.74 bits per heavy atom. The molecule has 0 spiro atoms. The van der Waals surface area contributed by atoms with Crippen molar-refractivity contribution in [3.05, 3.63) is 17.0 Å². The highest BCUT2D eigenvalue weighted by Gasteiger charge is 2.36. The van der Waals surface area contributed by atoms with Crippen molar-refractivity contribution in [1.29, 1.82) is 0 Å². The first-order chi connectivity index (χ1) is 9.09. The van der Waals surface area contributed by atoms with Gasteiger partial charge in [-0.1, -0.05) is 0 Å². The van der Waals surface area contributed by atoms with Crippen molar-refractivity contribution in [1.82, 2.24) is 4.31 Å². The molecule has 3 rings (SSSR count). The zero-order valence-electron chi connectivity index (χ0n) is 10.9. The molecule has 0 radical (unpaired) electrons. The van der Waals surface area contributed by atoms with E-state index in [0.717, 1.165) is 4.88 Å². The average molecular weight is 300 g/mol. The number of rotatable bonds is 7. The van der Waals surface area contributed by atoms with Gasteiger partial charge in [-0.15, -0.1) is 11.3 Å². The van der Waals surface area contributed by atoms with Crippen molar-refractivity contribution in [2.45, 2.75) is 36.4 Å². The predicted octanol–water partition coefficient (Wildman–Crippen LogP) is 2.02. The van der Waals surface area contributed by atoms with E-state index in [1.807, 2.05) is 6.07 Å². The van der Waals surface area contributed by atoms with Crippen LogP contribution in [0.1, 0.15) is 30.6 Å². The van der Waals surface area contributed by atoms with Crippen LogP contribution in [0.25, 0.3) is 0 Å². The second-order valence-corrected chi connectivity index (χ2v) is 8.97. The highest BCUT2D eigenvalue weighted by Crippen LogP contribution is 2.36. The summed E-state index contributed by atoms with van der Waals surface area (Å²) in [7, 11) is -3.30. The van der Waals surface area contributed by atoms with Crippen LogP contribution in [0.3, 0.4) is 0 Å². The SMILES string of the molecule is NCc1ccc(S(=O)(=O)N(CC2CC2)CC2CC2)s1. The van der Waals surface area contributed by atoms with Gasteiger partial charge in [-0.05, 0) is 49.7 Å². The second-order valence-electron chi connectivity index (χ2n) is 5.63. The van der Waals surface area contributed by atoms with Crippen LogP contribution in [0, 0.1) is 11.8 Å². The number of hydrogen-bond acceptors (Lipinski definition) is 4. The number of nitrogens with two attached hydrogens (primary N) is 1. The van der Waals surface area contributed by atoms with Crippen molar-refractivity contribution in [3.8, 4) is 0 Å². The van der Waals surface area contributed by atoms with E-state index in [2.05, 4.69) is 0 Å². The number of nitrogens with zero attached hydrogens (tertiary/aromatic N) is 1. The molecule has 0 atom stereocenters. The summed E-state index contributed by atoms with van der Waals surface area (Å²) in [5.41, 5.74) is 5.57. The summed E-state index contributed by atoms with van der Waals surface area (Å²) in [6.07, 6.45) is 4.70. The first-order valence-electron chi connectivity index (χ1n) is 6.88. The van der Waals surface area contributed by atoms with Crippen LogP contribution < -0.4 is 5.73 Å². The first-order valence-corrected chi connectivity index (χ1v) is 9.14. The van der Waals surface area contributed by atoms with Crippen LogP contribution in [0.2, 0.25) is 0 Å². The van der Waals surface area contributed by atoms with Crippen molar-refractivity contribution in [2.24, 2.45) is 17.6 Å². The Bertz CT molecular complexity index is 531. The van der Waals surface area contributed by atoms with Gasteiger partial charge in [0, 0.05) is 24.5 Å². The molecule has 1 aromatic rings.